The van der Waals surface area contributed by atoms with Gasteiger partial charge in [-0.05, 0) is 31.0 Å². The van der Waals surface area contributed by atoms with Crippen LogP contribution in [-0.2, 0) is 16.6 Å². The fourth-order valence-corrected chi connectivity index (χ4v) is 2.85. The molecule has 11 heteroatoms. The summed E-state index contributed by atoms with van der Waals surface area (Å²) in [5.74, 6) is -0.874. The van der Waals surface area contributed by atoms with E-state index in [2.05, 4.69) is 30.9 Å². The van der Waals surface area contributed by atoms with Crippen molar-refractivity contribution >= 4 is 22.9 Å². The van der Waals surface area contributed by atoms with E-state index in [-0.39, 0.29) is 18.0 Å². The SMILES string of the molecule is CC(C)(c1cc(NC(=O)Cc2ccc(-c3cnc4n[nH]nc4c3)cc2)no1)C(F)(F)F. The van der Waals surface area contributed by atoms with Crippen LogP contribution in [0.15, 0.2) is 47.1 Å². The van der Waals surface area contributed by atoms with Crippen molar-refractivity contribution < 1.29 is 22.5 Å². The molecule has 0 aliphatic heterocycles. The van der Waals surface area contributed by atoms with E-state index in [1.165, 1.54) is 0 Å². The minimum atomic E-state index is -4.51. The molecule has 0 aliphatic rings. The highest BCUT2D eigenvalue weighted by atomic mass is 19.4. The largest absolute Gasteiger partial charge is 0.401 e. The number of amides is 1. The van der Waals surface area contributed by atoms with Crippen LogP contribution >= 0.6 is 0 Å². The molecular formula is C20H17F3N6O2. The number of aromatic amines is 1. The Balaban J connectivity index is 1.41. The van der Waals surface area contributed by atoms with Crippen molar-refractivity contribution in [3.8, 4) is 11.1 Å². The normalized spacial score (nSPS) is 12.3. The zero-order valence-corrected chi connectivity index (χ0v) is 16.5. The highest BCUT2D eigenvalue weighted by molar-refractivity contribution is 5.91. The van der Waals surface area contributed by atoms with Crippen molar-refractivity contribution in [3.63, 3.8) is 0 Å². The summed E-state index contributed by atoms with van der Waals surface area (Å²) in [6.07, 6.45) is -2.81. The molecule has 0 bridgehead atoms. The molecule has 0 fully saturated rings. The molecule has 0 atom stereocenters. The van der Waals surface area contributed by atoms with E-state index in [1.807, 2.05) is 18.2 Å². The number of aromatic nitrogens is 5. The monoisotopic (exact) mass is 430 g/mol. The number of fused-ring (bicyclic) bond motifs is 1. The van der Waals surface area contributed by atoms with Crippen LogP contribution in [0.2, 0.25) is 0 Å². The van der Waals surface area contributed by atoms with Crippen molar-refractivity contribution in [1.29, 1.82) is 0 Å². The Morgan fingerprint density at radius 2 is 1.84 bits per heavy atom. The van der Waals surface area contributed by atoms with Gasteiger partial charge in [-0.3, -0.25) is 4.79 Å². The third-order valence-electron chi connectivity index (χ3n) is 4.93. The van der Waals surface area contributed by atoms with Gasteiger partial charge in [0.25, 0.3) is 0 Å². The van der Waals surface area contributed by atoms with Crippen molar-refractivity contribution in [2.75, 3.05) is 5.32 Å². The fraction of sp³-hybridized carbons (Fsp3) is 0.250. The Labute approximate surface area is 173 Å². The number of nitrogens with zero attached hydrogens (tertiary/aromatic N) is 4. The van der Waals surface area contributed by atoms with Crippen molar-refractivity contribution in [1.82, 2.24) is 25.6 Å². The van der Waals surface area contributed by atoms with E-state index < -0.39 is 17.5 Å². The van der Waals surface area contributed by atoms with Gasteiger partial charge in [-0.1, -0.05) is 29.4 Å². The van der Waals surface area contributed by atoms with Gasteiger partial charge in [0.2, 0.25) is 11.6 Å². The molecule has 0 saturated heterocycles. The molecule has 3 heterocycles. The molecule has 4 rings (SSSR count). The molecule has 8 nitrogen and oxygen atoms in total. The Hall–Kier alpha value is -3.76. The highest BCUT2D eigenvalue weighted by Crippen LogP contribution is 2.41. The second-order valence-corrected chi connectivity index (χ2v) is 7.51. The van der Waals surface area contributed by atoms with Crippen LogP contribution < -0.4 is 5.32 Å². The lowest BCUT2D eigenvalue weighted by atomic mass is 9.89. The number of hydrogen-bond acceptors (Lipinski definition) is 6. The molecule has 4 aromatic rings. The Morgan fingerprint density at radius 3 is 2.55 bits per heavy atom. The maximum atomic E-state index is 13.1. The van der Waals surface area contributed by atoms with Gasteiger partial charge < -0.3 is 9.84 Å². The molecular weight excluding hydrogens is 413 g/mol. The van der Waals surface area contributed by atoms with Crippen LogP contribution in [0.5, 0.6) is 0 Å². The Morgan fingerprint density at radius 1 is 1.10 bits per heavy atom. The summed E-state index contributed by atoms with van der Waals surface area (Å²) in [5, 5.41) is 16.4. The maximum Gasteiger partial charge on any atom is 0.401 e. The van der Waals surface area contributed by atoms with Crippen molar-refractivity contribution in [2.45, 2.75) is 31.9 Å². The molecule has 2 N–H and O–H groups in total. The standard InChI is InChI=1S/C20H17F3N6O2/c1-19(2,20(21,22)23)15-9-16(28-31-15)25-17(30)7-11-3-5-12(6-4-11)13-8-14-18(24-10-13)27-29-26-14/h3-6,8-10H,7H2,1-2H3,(H,25,28,30)(H,24,26,27,29). The number of H-pyrrole nitrogens is 1. The number of rotatable bonds is 5. The minimum absolute atomic E-state index is 0.0196. The lowest BCUT2D eigenvalue weighted by Gasteiger charge is -2.24. The number of alkyl halides is 3. The smallest absolute Gasteiger partial charge is 0.358 e. The number of carbonyl (C=O) groups excluding carboxylic acids is 1. The lowest BCUT2D eigenvalue weighted by molar-refractivity contribution is -0.185. The van der Waals surface area contributed by atoms with Gasteiger partial charge >= 0.3 is 6.18 Å². The topological polar surface area (TPSA) is 110 Å². The van der Waals surface area contributed by atoms with E-state index in [0.717, 1.165) is 36.6 Å². The predicted molar refractivity (Wildman–Crippen MR) is 105 cm³/mol. The molecule has 160 valence electrons. The third-order valence-corrected chi connectivity index (χ3v) is 4.93. The van der Waals surface area contributed by atoms with Crippen LogP contribution in [-0.4, -0.2) is 37.6 Å². The molecule has 3 aromatic heterocycles. The van der Waals surface area contributed by atoms with Gasteiger partial charge in [0, 0.05) is 17.8 Å². The first-order chi connectivity index (χ1) is 14.6. The van der Waals surface area contributed by atoms with E-state index in [9.17, 15) is 18.0 Å². The summed E-state index contributed by atoms with van der Waals surface area (Å²) in [6, 6.07) is 10.2. The number of nitrogens with one attached hydrogen (secondary N) is 2. The van der Waals surface area contributed by atoms with Crippen molar-refractivity contribution in [2.24, 2.45) is 0 Å². The van der Waals surface area contributed by atoms with Crippen LogP contribution in [0, 0.1) is 0 Å². The molecule has 31 heavy (non-hydrogen) atoms. The maximum absolute atomic E-state index is 13.1. The van der Waals surface area contributed by atoms with Gasteiger partial charge in [-0.2, -0.15) is 23.5 Å². The zero-order chi connectivity index (χ0) is 22.2. The molecule has 0 radical (unpaired) electrons. The first-order valence-electron chi connectivity index (χ1n) is 9.23. The average molecular weight is 430 g/mol. The molecule has 0 saturated carbocycles. The molecule has 0 spiro atoms. The number of benzene rings is 1. The summed E-state index contributed by atoms with van der Waals surface area (Å²) >= 11 is 0. The van der Waals surface area contributed by atoms with Crippen LogP contribution in [0.25, 0.3) is 22.3 Å². The summed E-state index contributed by atoms with van der Waals surface area (Å²) in [6.45, 7) is 1.97. The van der Waals surface area contributed by atoms with Crippen molar-refractivity contribution in [3.05, 3.63) is 53.9 Å². The van der Waals surface area contributed by atoms with Crippen LogP contribution in [0.3, 0.4) is 0 Å². The Kier molecular flexibility index (Phi) is 4.96. The minimum Gasteiger partial charge on any atom is -0.358 e. The lowest BCUT2D eigenvalue weighted by Crippen LogP contribution is -2.35. The second-order valence-electron chi connectivity index (χ2n) is 7.51. The molecule has 0 unspecified atom stereocenters. The third kappa shape index (κ3) is 4.11. The average Bonchev–Trinajstić information content (AvgIpc) is 3.36. The number of pyridine rings is 1. The zero-order valence-electron chi connectivity index (χ0n) is 16.5. The molecule has 1 aromatic carbocycles. The summed E-state index contributed by atoms with van der Waals surface area (Å²) in [7, 11) is 0. The van der Waals surface area contributed by atoms with Gasteiger partial charge in [-0.15, -0.1) is 5.10 Å². The summed E-state index contributed by atoms with van der Waals surface area (Å²) in [5.41, 5.74) is 1.39. The Bertz CT molecular complexity index is 1230. The molecule has 1 amide bonds. The van der Waals surface area contributed by atoms with Gasteiger partial charge in [0.1, 0.15) is 10.9 Å². The fourth-order valence-electron chi connectivity index (χ4n) is 2.85. The summed E-state index contributed by atoms with van der Waals surface area (Å²) in [4.78, 5) is 16.5. The first kappa shape index (κ1) is 20.5. The molecule has 0 aliphatic carbocycles. The number of halogens is 3. The van der Waals surface area contributed by atoms with Gasteiger partial charge in [-0.25, -0.2) is 4.98 Å². The number of hydrogen-bond donors (Lipinski definition) is 2. The number of carbonyl (C=O) groups is 1. The van der Waals surface area contributed by atoms with E-state index in [0.29, 0.717) is 11.2 Å². The van der Waals surface area contributed by atoms with Gasteiger partial charge in [0.15, 0.2) is 11.6 Å². The van der Waals surface area contributed by atoms with Crippen LogP contribution in [0.1, 0.15) is 25.2 Å². The predicted octanol–water partition coefficient (Wildman–Crippen LogP) is 4.03. The van der Waals surface area contributed by atoms with Gasteiger partial charge in [0.05, 0.1) is 6.42 Å². The van der Waals surface area contributed by atoms with E-state index in [4.69, 9.17) is 4.52 Å². The van der Waals surface area contributed by atoms with Crippen LogP contribution in [0.4, 0.5) is 19.0 Å². The first-order valence-corrected chi connectivity index (χ1v) is 9.23. The highest BCUT2D eigenvalue weighted by Gasteiger charge is 2.51. The quantitative estimate of drug-likeness (QED) is 0.495. The van der Waals surface area contributed by atoms with E-state index in [1.54, 1.807) is 18.3 Å². The number of anilines is 1. The second kappa shape index (κ2) is 7.49. The summed E-state index contributed by atoms with van der Waals surface area (Å²) < 4.78 is 44.1. The van der Waals surface area contributed by atoms with E-state index >= 15 is 0 Å².